The molecule has 3 aliphatic rings. The number of fused-ring (bicyclic) bond motifs is 2. The van der Waals surface area contributed by atoms with Crippen LogP contribution in [0, 0.1) is 16.7 Å². The Bertz CT molecular complexity index is 768. The number of allylic oxidation sites excluding steroid dienone is 1. The Morgan fingerprint density at radius 3 is 2.43 bits per heavy atom. The van der Waals surface area contributed by atoms with Gasteiger partial charge >= 0.3 is 0 Å². The maximum Gasteiger partial charge on any atom is 0.165 e. The number of ketones is 1. The molecule has 0 radical (unpaired) electrons. The van der Waals surface area contributed by atoms with Crippen molar-refractivity contribution in [1.29, 1.82) is 0 Å². The predicted octanol–water partition coefficient (Wildman–Crippen LogP) is 3.43. The Hall–Kier alpha value is -1.49. The highest BCUT2D eigenvalue weighted by Crippen LogP contribution is 2.65. The molecule has 4 rings (SSSR count). The van der Waals surface area contributed by atoms with Crippen LogP contribution in [0.4, 0.5) is 0 Å². The summed E-state index contributed by atoms with van der Waals surface area (Å²) >= 11 is 0. The fourth-order valence-corrected chi connectivity index (χ4v) is 5.78. The molecular formula is C24H34NO3+. The van der Waals surface area contributed by atoms with Crippen LogP contribution < -0.4 is 0 Å². The summed E-state index contributed by atoms with van der Waals surface area (Å²) in [6, 6.07) is 8.66. The second-order valence-corrected chi connectivity index (χ2v) is 9.82. The molecule has 0 amide bonds. The molecule has 2 unspecified atom stereocenters. The van der Waals surface area contributed by atoms with E-state index in [0.29, 0.717) is 11.7 Å². The van der Waals surface area contributed by atoms with Gasteiger partial charge in [0, 0.05) is 11.0 Å². The number of hydrogen-bond acceptors (Lipinski definition) is 3. The number of benzene rings is 1. The molecule has 1 N–H and O–H groups in total. The topological polar surface area (TPSA) is 46.5 Å². The van der Waals surface area contributed by atoms with Crippen LogP contribution in [0.5, 0.6) is 0 Å². The Morgan fingerprint density at radius 2 is 1.86 bits per heavy atom. The van der Waals surface area contributed by atoms with Gasteiger partial charge in [-0.1, -0.05) is 45.0 Å². The highest BCUT2D eigenvalue weighted by atomic mass is 16.5. The second-order valence-electron chi connectivity index (χ2n) is 9.82. The molecule has 1 heterocycles. The second kappa shape index (κ2) is 7.08. The fraction of sp³-hybridized carbons (Fsp3) is 0.625. The maximum absolute atomic E-state index is 13.0. The van der Waals surface area contributed by atoms with E-state index in [1.807, 2.05) is 0 Å². The summed E-state index contributed by atoms with van der Waals surface area (Å²) in [5, 5.41) is 9.51. The average Bonchev–Trinajstić information content (AvgIpc) is 2.98. The van der Waals surface area contributed by atoms with Crippen LogP contribution in [-0.4, -0.2) is 54.8 Å². The molecule has 2 atom stereocenters. The van der Waals surface area contributed by atoms with Crippen molar-refractivity contribution in [1.82, 2.24) is 0 Å². The first-order chi connectivity index (χ1) is 13.3. The molecule has 3 fully saturated rings. The van der Waals surface area contributed by atoms with Gasteiger partial charge in [0.1, 0.15) is 26.2 Å². The number of rotatable bonds is 5. The number of carbonyl (C=O) groups is 1. The van der Waals surface area contributed by atoms with E-state index in [1.54, 1.807) is 0 Å². The number of hydrogen-bond donors (Lipinski definition) is 1. The lowest BCUT2D eigenvalue weighted by Crippen LogP contribution is -2.55. The van der Waals surface area contributed by atoms with Crippen molar-refractivity contribution < 1.29 is 19.1 Å². The van der Waals surface area contributed by atoms with E-state index in [4.69, 9.17) is 4.74 Å². The maximum atomic E-state index is 13.0. The summed E-state index contributed by atoms with van der Waals surface area (Å²) in [5.41, 5.74) is 3.30. The van der Waals surface area contributed by atoms with Crippen LogP contribution in [0.2, 0.25) is 0 Å². The van der Waals surface area contributed by atoms with Crippen LogP contribution >= 0.6 is 0 Å². The number of morpholine rings is 1. The summed E-state index contributed by atoms with van der Waals surface area (Å²) in [5.74, 6) is 0.745. The summed E-state index contributed by atoms with van der Waals surface area (Å²) in [6.45, 7) is 12.0. The minimum Gasteiger partial charge on any atom is -0.391 e. The third kappa shape index (κ3) is 3.06. The van der Waals surface area contributed by atoms with E-state index < -0.39 is 0 Å². The monoisotopic (exact) mass is 384 g/mol. The standard InChI is InChI=1S/C24H34NO3/c1-23(2)21-8-9-24(23,3)22(27)20(21)16-18-4-6-19(7-5-18)17-25(10-13-26)11-14-28-15-12-25/h4-7,16,21,26H,8-15,17H2,1-3H3/q+1. The first kappa shape index (κ1) is 19.8. The van der Waals surface area contributed by atoms with Crippen molar-refractivity contribution in [3.63, 3.8) is 0 Å². The first-order valence-corrected chi connectivity index (χ1v) is 10.7. The van der Waals surface area contributed by atoms with Gasteiger partial charge in [-0.2, -0.15) is 0 Å². The lowest BCUT2D eigenvalue weighted by atomic mass is 9.70. The van der Waals surface area contributed by atoms with Gasteiger partial charge in [0.15, 0.2) is 5.78 Å². The van der Waals surface area contributed by atoms with Crippen molar-refractivity contribution in [2.24, 2.45) is 16.7 Å². The van der Waals surface area contributed by atoms with Crippen LogP contribution in [0.15, 0.2) is 29.8 Å². The fourth-order valence-electron chi connectivity index (χ4n) is 5.78. The highest BCUT2D eigenvalue weighted by Gasteiger charge is 2.63. The molecule has 2 saturated carbocycles. The Kier molecular flexibility index (Phi) is 5.01. The van der Waals surface area contributed by atoms with Gasteiger partial charge in [0.25, 0.3) is 0 Å². The number of carbonyl (C=O) groups excluding carboxylic acids is 1. The van der Waals surface area contributed by atoms with Gasteiger partial charge in [-0.25, -0.2) is 0 Å². The number of aliphatic hydroxyl groups is 1. The van der Waals surface area contributed by atoms with Crippen molar-refractivity contribution in [3.8, 4) is 0 Å². The Labute approximate surface area is 168 Å². The van der Waals surface area contributed by atoms with Crippen LogP contribution in [0.3, 0.4) is 0 Å². The SMILES string of the molecule is CC12CCC(C(=Cc3ccc(C[N+]4(CCO)CCOCC4)cc3)C1=O)C2(C)C. The predicted molar refractivity (Wildman–Crippen MR) is 111 cm³/mol. The zero-order valence-corrected chi connectivity index (χ0v) is 17.5. The van der Waals surface area contributed by atoms with Gasteiger partial charge < -0.3 is 14.3 Å². The molecule has 1 aromatic rings. The van der Waals surface area contributed by atoms with E-state index in [1.165, 1.54) is 5.56 Å². The zero-order valence-electron chi connectivity index (χ0n) is 17.5. The summed E-state index contributed by atoms with van der Waals surface area (Å²) in [7, 11) is 0. The van der Waals surface area contributed by atoms with Crippen LogP contribution in [0.1, 0.15) is 44.7 Å². The van der Waals surface area contributed by atoms with Crippen LogP contribution in [0.25, 0.3) is 6.08 Å². The van der Waals surface area contributed by atoms with E-state index in [0.717, 1.165) is 67.9 Å². The zero-order chi connectivity index (χ0) is 20.0. The molecule has 1 aliphatic heterocycles. The summed E-state index contributed by atoms with van der Waals surface area (Å²) < 4.78 is 6.42. The smallest absolute Gasteiger partial charge is 0.165 e. The molecule has 1 aromatic carbocycles. The molecule has 2 bridgehead atoms. The van der Waals surface area contributed by atoms with Gasteiger partial charge in [0.2, 0.25) is 0 Å². The van der Waals surface area contributed by atoms with E-state index in [9.17, 15) is 9.90 Å². The van der Waals surface area contributed by atoms with E-state index >= 15 is 0 Å². The van der Waals surface area contributed by atoms with Gasteiger partial charge in [-0.3, -0.25) is 4.79 Å². The van der Waals surface area contributed by atoms with Crippen molar-refractivity contribution >= 4 is 11.9 Å². The van der Waals surface area contributed by atoms with E-state index in [-0.39, 0.29) is 17.4 Å². The normalized spacial score (nSPS) is 32.2. The van der Waals surface area contributed by atoms with Gasteiger partial charge in [0.05, 0.1) is 19.8 Å². The number of ether oxygens (including phenoxy) is 1. The average molecular weight is 385 g/mol. The summed E-state index contributed by atoms with van der Waals surface area (Å²) in [6.07, 6.45) is 4.28. The lowest BCUT2D eigenvalue weighted by Gasteiger charge is -2.41. The lowest BCUT2D eigenvalue weighted by molar-refractivity contribution is -0.947. The Morgan fingerprint density at radius 1 is 1.18 bits per heavy atom. The van der Waals surface area contributed by atoms with Crippen LogP contribution in [-0.2, 0) is 16.1 Å². The first-order valence-electron chi connectivity index (χ1n) is 10.7. The molecular weight excluding hydrogens is 350 g/mol. The summed E-state index contributed by atoms with van der Waals surface area (Å²) in [4.78, 5) is 13.0. The van der Waals surface area contributed by atoms with Crippen molar-refractivity contribution in [2.45, 2.75) is 40.2 Å². The largest absolute Gasteiger partial charge is 0.391 e. The molecule has 0 aromatic heterocycles. The minimum absolute atomic E-state index is 0.0626. The van der Waals surface area contributed by atoms with Crippen molar-refractivity contribution in [3.05, 3.63) is 41.0 Å². The van der Waals surface area contributed by atoms with Gasteiger partial charge in [-0.05, 0) is 41.4 Å². The highest BCUT2D eigenvalue weighted by molar-refractivity contribution is 6.07. The molecule has 152 valence electrons. The molecule has 0 spiro atoms. The molecule has 4 nitrogen and oxygen atoms in total. The number of quaternary nitrogens is 1. The molecule has 28 heavy (non-hydrogen) atoms. The Balaban J connectivity index is 1.53. The van der Waals surface area contributed by atoms with E-state index in [2.05, 4.69) is 51.1 Å². The quantitative estimate of drug-likeness (QED) is 0.625. The number of Topliss-reactive ketones (excluding diaryl/α,β-unsaturated/α-hetero) is 1. The molecule has 1 saturated heterocycles. The third-order valence-corrected chi connectivity index (χ3v) is 8.18. The van der Waals surface area contributed by atoms with Crippen molar-refractivity contribution in [2.75, 3.05) is 39.5 Å². The molecule has 4 heteroatoms. The van der Waals surface area contributed by atoms with Gasteiger partial charge in [-0.15, -0.1) is 0 Å². The molecule has 2 aliphatic carbocycles. The minimum atomic E-state index is -0.194. The number of aliphatic hydroxyl groups excluding tert-OH is 1. The number of nitrogens with zero attached hydrogens (tertiary/aromatic N) is 1. The third-order valence-electron chi connectivity index (χ3n) is 8.18.